The van der Waals surface area contributed by atoms with Gasteiger partial charge in [-0.05, 0) is 30.9 Å². The second kappa shape index (κ2) is 6.10. The Kier molecular flexibility index (Phi) is 5.06. The van der Waals surface area contributed by atoms with Gasteiger partial charge in [-0.25, -0.2) is 4.39 Å². The molecular weight excluding hydrogens is 215 g/mol. The van der Waals surface area contributed by atoms with Crippen LogP contribution in [0.1, 0.15) is 52.1 Å². The van der Waals surface area contributed by atoms with Gasteiger partial charge in [0.05, 0.1) is 17.4 Å². The van der Waals surface area contributed by atoms with Gasteiger partial charge in [-0.1, -0.05) is 33.6 Å². The lowest BCUT2D eigenvalue weighted by Crippen LogP contribution is -2.38. The van der Waals surface area contributed by atoms with Crippen LogP contribution in [0.2, 0.25) is 0 Å². The molecule has 2 unspecified atom stereocenters. The molecule has 0 aliphatic rings. The van der Waals surface area contributed by atoms with Crippen LogP contribution in [0.5, 0.6) is 0 Å². The molecule has 0 radical (unpaired) electrons. The topological polar surface area (TPSA) is 38.9 Å². The average Bonchev–Trinajstić information content (AvgIpc) is 2.30. The second-order valence-corrected chi connectivity index (χ2v) is 4.97. The van der Waals surface area contributed by atoms with Crippen LogP contribution in [0.15, 0.2) is 18.3 Å². The van der Waals surface area contributed by atoms with Gasteiger partial charge >= 0.3 is 0 Å². The van der Waals surface area contributed by atoms with Gasteiger partial charge in [0.15, 0.2) is 0 Å². The molecule has 17 heavy (non-hydrogen) atoms. The Bertz CT molecular complexity index is 337. The van der Waals surface area contributed by atoms with Gasteiger partial charge in [0, 0.05) is 0 Å². The van der Waals surface area contributed by atoms with Gasteiger partial charge in [-0.15, -0.1) is 0 Å². The van der Waals surface area contributed by atoms with Gasteiger partial charge < -0.3 is 5.73 Å². The maximum atomic E-state index is 12.9. The maximum Gasteiger partial charge on any atom is 0.141 e. The number of halogens is 1. The third-order valence-electron chi connectivity index (χ3n) is 3.36. The fraction of sp³-hybridized carbons (Fsp3) is 0.643. The van der Waals surface area contributed by atoms with Crippen molar-refractivity contribution in [1.82, 2.24) is 4.98 Å². The molecule has 2 N–H and O–H groups in total. The Hall–Kier alpha value is -0.960. The molecule has 1 heterocycles. The zero-order valence-electron chi connectivity index (χ0n) is 11.0. The van der Waals surface area contributed by atoms with Crippen molar-refractivity contribution in [3.8, 4) is 0 Å². The first-order valence-electron chi connectivity index (χ1n) is 6.42. The lowest BCUT2D eigenvalue weighted by molar-refractivity contribution is 0.305. The van der Waals surface area contributed by atoms with Gasteiger partial charge in [0.2, 0.25) is 0 Å². The van der Waals surface area contributed by atoms with E-state index < -0.39 is 5.54 Å². The summed E-state index contributed by atoms with van der Waals surface area (Å²) >= 11 is 0. The van der Waals surface area contributed by atoms with Crippen LogP contribution < -0.4 is 5.73 Å². The second-order valence-electron chi connectivity index (χ2n) is 4.97. The molecule has 0 bridgehead atoms. The van der Waals surface area contributed by atoms with Crippen LogP contribution in [0.3, 0.4) is 0 Å². The van der Waals surface area contributed by atoms with Crippen LogP contribution in [-0.2, 0) is 5.54 Å². The van der Waals surface area contributed by atoms with Crippen LogP contribution in [0.25, 0.3) is 0 Å². The monoisotopic (exact) mass is 238 g/mol. The minimum atomic E-state index is -0.428. The predicted octanol–water partition coefficient (Wildman–Crippen LogP) is 3.61. The minimum Gasteiger partial charge on any atom is -0.320 e. The predicted molar refractivity (Wildman–Crippen MR) is 69.0 cm³/mol. The molecule has 96 valence electrons. The number of nitrogens with zero attached hydrogens (tertiary/aromatic N) is 1. The first-order chi connectivity index (χ1) is 8.01. The van der Waals surface area contributed by atoms with Crippen LogP contribution in [-0.4, -0.2) is 4.98 Å². The van der Waals surface area contributed by atoms with Crippen molar-refractivity contribution in [2.45, 2.75) is 52.0 Å². The molecule has 1 aromatic heterocycles. The highest BCUT2D eigenvalue weighted by Gasteiger charge is 2.28. The molecule has 0 amide bonds. The van der Waals surface area contributed by atoms with E-state index in [9.17, 15) is 4.39 Å². The molecule has 2 atom stereocenters. The molecule has 1 rings (SSSR count). The molecule has 3 heteroatoms. The molecule has 0 spiro atoms. The fourth-order valence-corrected chi connectivity index (χ4v) is 2.32. The van der Waals surface area contributed by atoms with E-state index in [0.29, 0.717) is 5.92 Å². The lowest BCUT2D eigenvalue weighted by Gasteiger charge is -2.30. The zero-order valence-corrected chi connectivity index (χ0v) is 11.0. The highest BCUT2D eigenvalue weighted by atomic mass is 19.1. The largest absolute Gasteiger partial charge is 0.320 e. The van der Waals surface area contributed by atoms with Crippen molar-refractivity contribution in [2.24, 2.45) is 11.7 Å². The SMILES string of the molecule is CCCC(C)CC(N)(CC)c1ccc(F)cn1. The molecule has 0 fully saturated rings. The summed E-state index contributed by atoms with van der Waals surface area (Å²) in [5, 5.41) is 0. The van der Waals surface area contributed by atoms with Crippen molar-refractivity contribution in [3.05, 3.63) is 29.8 Å². The van der Waals surface area contributed by atoms with E-state index in [0.717, 1.165) is 25.0 Å². The smallest absolute Gasteiger partial charge is 0.141 e. The Balaban J connectivity index is 2.83. The molecule has 0 saturated carbocycles. The standard InChI is InChI=1S/C14H23FN2/c1-4-6-11(3)9-14(16,5-2)13-8-7-12(15)10-17-13/h7-8,10-11H,4-6,9,16H2,1-3H3. The molecule has 0 aliphatic carbocycles. The van der Waals surface area contributed by atoms with E-state index in [4.69, 9.17) is 5.73 Å². The quantitative estimate of drug-likeness (QED) is 0.822. The van der Waals surface area contributed by atoms with Crippen molar-refractivity contribution in [1.29, 1.82) is 0 Å². The summed E-state index contributed by atoms with van der Waals surface area (Å²) in [6.45, 7) is 6.45. The molecule has 2 nitrogen and oxygen atoms in total. The molecule has 0 aromatic carbocycles. The molecular formula is C14H23FN2. The van der Waals surface area contributed by atoms with Gasteiger partial charge in [0.25, 0.3) is 0 Å². The van der Waals surface area contributed by atoms with E-state index in [2.05, 4.69) is 25.8 Å². The summed E-state index contributed by atoms with van der Waals surface area (Å²) in [5.41, 5.74) is 6.78. The Morgan fingerprint density at radius 1 is 1.41 bits per heavy atom. The summed E-state index contributed by atoms with van der Waals surface area (Å²) in [6, 6.07) is 3.14. The van der Waals surface area contributed by atoms with Crippen molar-refractivity contribution in [3.63, 3.8) is 0 Å². The van der Waals surface area contributed by atoms with Gasteiger partial charge in [-0.3, -0.25) is 4.98 Å². The number of nitrogens with two attached hydrogens (primary N) is 1. The normalized spacial score (nSPS) is 16.5. The summed E-state index contributed by atoms with van der Waals surface area (Å²) in [7, 11) is 0. The van der Waals surface area contributed by atoms with Crippen molar-refractivity contribution >= 4 is 0 Å². The third-order valence-corrected chi connectivity index (χ3v) is 3.36. The first-order valence-corrected chi connectivity index (χ1v) is 6.42. The highest BCUT2D eigenvalue weighted by Crippen LogP contribution is 2.29. The van der Waals surface area contributed by atoms with E-state index in [1.165, 1.54) is 18.7 Å². The zero-order chi connectivity index (χ0) is 12.9. The van der Waals surface area contributed by atoms with Crippen molar-refractivity contribution in [2.75, 3.05) is 0 Å². The Labute approximate surface area is 103 Å². The van der Waals surface area contributed by atoms with Crippen LogP contribution in [0.4, 0.5) is 4.39 Å². The lowest BCUT2D eigenvalue weighted by atomic mass is 9.82. The molecule has 0 aliphatic heterocycles. The van der Waals surface area contributed by atoms with E-state index >= 15 is 0 Å². The molecule has 1 aromatic rings. The summed E-state index contributed by atoms with van der Waals surface area (Å²) in [5.74, 6) is 0.255. The number of pyridine rings is 1. The molecule has 0 saturated heterocycles. The van der Waals surface area contributed by atoms with Crippen LogP contribution >= 0.6 is 0 Å². The minimum absolute atomic E-state index is 0.311. The summed E-state index contributed by atoms with van der Waals surface area (Å²) < 4.78 is 12.9. The summed E-state index contributed by atoms with van der Waals surface area (Å²) in [4.78, 5) is 4.13. The Morgan fingerprint density at radius 2 is 2.12 bits per heavy atom. The first kappa shape index (κ1) is 14.1. The van der Waals surface area contributed by atoms with Gasteiger partial charge in [0.1, 0.15) is 5.82 Å². The third kappa shape index (κ3) is 3.77. The average molecular weight is 238 g/mol. The highest BCUT2D eigenvalue weighted by molar-refractivity contribution is 5.15. The summed E-state index contributed by atoms with van der Waals surface area (Å²) in [6.07, 6.45) is 5.30. The van der Waals surface area contributed by atoms with E-state index in [1.54, 1.807) is 6.07 Å². The van der Waals surface area contributed by atoms with Crippen LogP contribution in [0, 0.1) is 11.7 Å². The number of rotatable bonds is 6. The number of aromatic nitrogens is 1. The van der Waals surface area contributed by atoms with E-state index in [-0.39, 0.29) is 5.82 Å². The Morgan fingerprint density at radius 3 is 2.59 bits per heavy atom. The van der Waals surface area contributed by atoms with Gasteiger partial charge in [-0.2, -0.15) is 0 Å². The van der Waals surface area contributed by atoms with E-state index in [1.807, 2.05) is 0 Å². The number of hydrogen-bond donors (Lipinski definition) is 1. The van der Waals surface area contributed by atoms with Crippen molar-refractivity contribution < 1.29 is 4.39 Å². The number of hydrogen-bond acceptors (Lipinski definition) is 2. The maximum absolute atomic E-state index is 12.9. The fourth-order valence-electron chi connectivity index (χ4n) is 2.32.